The first-order valence-electron chi connectivity index (χ1n) is 6.09. The number of para-hydroxylation sites is 2. The number of aryl methyl sites for hydroxylation is 1. The number of hydrogen-bond acceptors (Lipinski definition) is 3. The Hall–Kier alpha value is -0.690. The predicted octanol–water partition coefficient (Wildman–Crippen LogP) is 4.44. The van der Waals surface area contributed by atoms with E-state index in [4.69, 9.17) is 0 Å². The minimum Gasteiger partial charge on any atom is -0.387 e. The summed E-state index contributed by atoms with van der Waals surface area (Å²) >= 11 is 8.43. The monoisotopic (exact) mass is 414 g/mol. The van der Waals surface area contributed by atoms with Crippen LogP contribution >= 0.6 is 43.2 Å². The lowest BCUT2D eigenvalue weighted by atomic mass is 10.2. The van der Waals surface area contributed by atoms with Crippen LogP contribution < -0.4 is 0 Å². The van der Waals surface area contributed by atoms with Crippen molar-refractivity contribution in [3.8, 4) is 0 Å². The Bertz CT molecular complexity index is 746. The van der Waals surface area contributed by atoms with Crippen LogP contribution in [0.4, 0.5) is 0 Å². The number of rotatable bonds is 3. The largest absolute Gasteiger partial charge is 0.387 e. The first kappa shape index (κ1) is 14.3. The van der Waals surface area contributed by atoms with Crippen LogP contribution in [-0.2, 0) is 13.5 Å². The zero-order valence-electron chi connectivity index (χ0n) is 10.7. The zero-order valence-corrected chi connectivity index (χ0v) is 14.7. The van der Waals surface area contributed by atoms with Crippen molar-refractivity contribution < 1.29 is 5.11 Å². The Balaban J connectivity index is 1.91. The number of imidazole rings is 1. The van der Waals surface area contributed by atoms with Gasteiger partial charge in [0.15, 0.2) is 0 Å². The van der Waals surface area contributed by atoms with E-state index in [1.165, 1.54) is 11.3 Å². The van der Waals surface area contributed by atoms with Gasteiger partial charge in [-0.3, -0.25) is 0 Å². The Labute approximate surface area is 137 Å². The summed E-state index contributed by atoms with van der Waals surface area (Å²) in [7, 11) is 1.98. The van der Waals surface area contributed by atoms with Crippen molar-refractivity contribution in [2.24, 2.45) is 7.05 Å². The number of benzene rings is 1. The molecule has 0 saturated carbocycles. The van der Waals surface area contributed by atoms with Gasteiger partial charge < -0.3 is 9.67 Å². The summed E-state index contributed by atoms with van der Waals surface area (Å²) in [4.78, 5) is 5.52. The SMILES string of the molecule is Cn1c(CC(O)c2cc(Br)c(Br)s2)nc2ccccc21. The molecule has 0 bridgehead atoms. The standard InChI is InChI=1S/C14H12Br2N2OS/c1-18-10-5-3-2-4-9(10)17-13(18)7-11(19)12-6-8(15)14(16)20-12/h2-6,11,19H,7H2,1H3. The van der Waals surface area contributed by atoms with Crippen molar-refractivity contribution in [1.82, 2.24) is 9.55 Å². The van der Waals surface area contributed by atoms with Crippen LogP contribution in [0.15, 0.2) is 38.6 Å². The normalized spacial score (nSPS) is 13.0. The van der Waals surface area contributed by atoms with E-state index in [-0.39, 0.29) is 0 Å². The number of aromatic nitrogens is 2. The molecule has 0 radical (unpaired) electrons. The molecule has 104 valence electrons. The molecular weight excluding hydrogens is 404 g/mol. The third kappa shape index (κ3) is 2.57. The molecule has 0 spiro atoms. The lowest BCUT2D eigenvalue weighted by Gasteiger charge is -2.08. The number of nitrogens with zero attached hydrogens (tertiary/aromatic N) is 2. The van der Waals surface area contributed by atoms with Crippen LogP contribution in [0.3, 0.4) is 0 Å². The molecule has 0 aliphatic heterocycles. The number of fused-ring (bicyclic) bond motifs is 1. The van der Waals surface area contributed by atoms with Gasteiger partial charge in [0.05, 0.1) is 20.9 Å². The van der Waals surface area contributed by atoms with Crippen LogP contribution in [0.25, 0.3) is 11.0 Å². The molecule has 3 rings (SSSR count). The highest BCUT2D eigenvalue weighted by Crippen LogP contribution is 2.36. The highest BCUT2D eigenvalue weighted by atomic mass is 79.9. The van der Waals surface area contributed by atoms with Gasteiger partial charge in [0.25, 0.3) is 0 Å². The molecule has 2 aromatic heterocycles. The number of thiophene rings is 1. The molecule has 0 amide bonds. The molecule has 1 atom stereocenters. The molecule has 0 saturated heterocycles. The van der Waals surface area contributed by atoms with Gasteiger partial charge in [-0.25, -0.2) is 4.98 Å². The fourth-order valence-electron chi connectivity index (χ4n) is 2.18. The number of halogens is 2. The molecule has 1 unspecified atom stereocenters. The number of aliphatic hydroxyl groups excluding tert-OH is 1. The third-order valence-electron chi connectivity index (χ3n) is 3.25. The summed E-state index contributed by atoms with van der Waals surface area (Å²) in [6.07, 6.45) is -0.0389. The summed E-state index contributed by atoms with van der Waals surface area (Å²) in [5, 5.41) is 10.4. The van der Waals surface area contributed by atoms with Gasteiger partial charge in [-0.15, -0.1) is 11.3 Å². The first-order chi connectivity index (χ1) is 9.56. The molecule has 2 heterocycles. The van der Waals surface area contributed by atoms with E-state index < -0.39 is 6.10 Å². The summed E-state index contributed by atoms with van der Waals surface area (Å²) in [6, 6.07) is 9.95. The van der Waals surface area contributed by atoms with Crippen LogP contribution in [0.2, 0.25) is 0 Å². The van der Waals surface area contributed by atoms with E-state index in [1.807, 2.05) is 41.9 Å². The van der Waals surface area contributed by atoms with E-state index >= 15 is 0 Å². The molecule has 0 fully saturated rings. The Morgan fingerprint density at radius 3 is 2.75 bits per heavy atom. The van der Waals surface area contributed by atoms with Gasteiger partial charge in [-0.05, 0) is 50.1 Å². The van der Waals surface area contributed by atoms with Gasteiger partial charge >= 0.3 is 0 Å². The van der Waals surface area contributed by atoms with Gasteiger partial charge in [0.2, 0.25) is 0 Å². The number of aliphatic hydroxyl groups is 1. The second kappa shape index (κ2) is 5.60. The molecule has 6 heteroatoms. The van der Waals surface area contributed by atoms with Crippen molar-refractivity contribution in [2.75, 3.05) is 0 Å². The van der Waals surface area contributed by atoms with E-state index in [1.54, 1.807) is 0 Å². The summed E-state index contributed by atoms with van der Waals surface area (Å²) in [5.41, 5.74) is 2.05. The Morgan fingerprint density at radius 1 is 1.35 bits per heavy atom. The zero-order chi connectivity index (χ0) is 14.3. The maximum atomic E-state index is 10.4. The molecule has 0 aliphatic rings. The highest BCUT2D eigenvalue weighted by Gasteiger charge is 2.17. The minimum atomic E-state index is -0.543. The van der Waals surface area contributed by atoms with Crippen LogP contribution in [0.5, 0.6) is 0 Å². The topological polar surface area (TPSA) is 38.0 Å². The lowest BCUT2D eigenvalue weighted by molar-refractivity contribution is 0.179. The molecule has 20 heavy (non-hydrogen) atoms. The van der Waals surface area contributed by atoms with E-state index in [0.717, 1.165) is 30.0 Å². The fraction of sp³-hybridized carbons (Fsp3) is 0.214. The van der Waals surface area contributed by atoms with Gasteiger partial charge in [-0.2, -0.15) is 0 Å². The maximum Gasteiger partial charge on any atom is 0.112 e. The average Bonchev–Trinajstić information content (AvgIpc) is 2.92. The van der Waals surface area contributed by atoms with Gasteiger partial charge in [-0.1, -0.05) is 12.1 Å². The smallest absolute Gasteiger partial charge is 0.112 e. The molecule has 3 aromatic rings. The van der Waals surface area contributed by atoms with Crippen LogP contribution in [0, 0.1) is 0 Å². The van der Waals surface area contributed by atoms with Gasteiger partial charge in [0, 0.05) is 22.8 Å². The van der Waals surface area contributed by atoms with Crippen molar-refractivity contribution in [2.45, 2.75) is 12.5 Å². The van der Waals surface area contributed by atoms with Crippen LogP contribution in [-0.4, -0.2) is 14.7 Å². The highest BCUT2D eigenvalue weighted by molar-refractivity contribution is 9.13. The molecule has 0 aliphatic carbocycles. The fourth-order valence-corrected chi connectivity index (χ4v) is 4.25. The van der Waals surface area contributed by atoms with E-state index in [2.05, 4.69) is 36.8 Å². The minimum absolute atomic E-state index is 0.505. The Kier molecular flexibility index (Phi) is 3.99. The number of hydrogen-bond donors (Lipinski definition) is 1. The molecular formula is C14H12Br2N2OS. The molecule has 1 aromatic carbocycles. The van der Waals surface area contributed by atoms with Crippen molar-refractivity contribution in [3.63, 3.8) is 0 Å². The predicted molar refractivity (Wildman–Crippen MR) is 89.1 cm³/mol. The third-order valence-corrected chi connectivity index (χ3v) is 6.61. The van der Waals surface area contributed by atoms with Crippen molar-refractivity contribution in [1.29, 1.82) is 0 Å². The van der Waals surface area contributed by atoms with Gasteiger partial charge in [0.1, 0.15) is 5.82 Å². The lowest BCUT2D eigenvalue weighted by Crippen LogP contribution is -2.05. The quantitative estimate of drug-likeness (QED) is 0.686. The summed E-state index contributed by atoms with van der Waals surface area (Å²) in [6.45, 7) is 0. The second-order valence-corrected chi connectivity index (χ2v) is 7.82. The Morgan fingerprint density at radius 2 is 2.10 bits per heavy atom. The summed E-state index contributed by atoms with van der Waals surface area (Å²) < 4.78 is 4.01. The second-order valence-electron chi connectivity index (χ2n) is 4.57. The first-order valence-corrected chi connectivity index (χ1v) is 8.49. The molecule has 3 nitrogen and oxygen atoms in total. The van der Waals surface area contributed by atoms with E-state index in [0.29, 0.717) is 6.42 Å². The maximum absolute atomic E-state index is 10.4. The summed E-state index contributed by atoms with van der Waals surface area (Å²) in [5.74, 6) is 0.888. The van der Waals surface area contributed by atoms with Crippen LogP contribution in [0.1, 0.15) is 16.8 Å². The van der Waals surface area contributed by atoms with Crippen molar-refractivity contribution >= 4 is 54.2 Å². The van der Waals surface area contributed by atoms with Crippen molar-refractivity contribution in [3.05, 3.63) is 49.3 Å². The van der Waals surface area contributed by atoms with E-state index in [9.17, 15) is 5.11 Å². The average molecular weight is 416 g/mol. The molecule has 1 N–H and O–H groups in total.